The zero-order valence-electron chi connectivity index (χ0n) is 12.7. The summed E-state index contributed by atoms with van der Waals surface area (Å²) in [5.74, 6) is 0.258. The van der Waals surface area contributed by atoms with Crippen molar-refractivity contribution in [2.24, 2.45) is 5.73 Å². The van der Waals surface area contributed by atoms with Gasteiger partial charge in [-0.25, -0.2) is 4.79 Å². The lowest BCUT2D eigenvalue weighted by atomic mass is 10.1. The van der Waals surface area contributed by atoms with Crippen molar-refractivity contribution >= 4 is 40.6 Å². The predicted molar refractivity (Wildman–Crippen MR) is 92.8 cm³/mol. The lowest BCUT2D eigenvalue weighted by Gasteiger charge is -2.13. The molecule has 122 valence electrons. The molecule has 0 aliphatic carbocycles. The lowest BCUT2D eigenvalue weighted by molar-refractivity contribution is -0.115. The van der Waals surface area contributed by atoms with Gasteiger partial charge < -0.3 is 15.2 Å². The predicted octanol–water partition coefficient (Wildman–Crippen LogP) is 2.19. The Balaban J connectivity index is 3.26. The van der Waals surface area contributed by atoms with Crippen molar-refractivity contribution in [2.75, 3.05) is 13.2 Å². The molecule has 0 radical (unpaired) electrons. The van der Waals surface area contributed by atoms with E-state index in [0.717, 1.165) is 3.57 Å². The second-order valence-electron chi connectivity index (χ2n) is 4.18. The molecule has 0 heterocycles. The van der Waals surface area contributed by atoms with Gasteiger partial charge in [-0.3, -0.25) is 10.1 Å². The highest BCUT2D eigenvalue weighted by atomic mass is 127. The highest BCUT2D eigenvalue weighted by Gasteiger charge is 2.14. The Morgan fingerprint density at radius 1 is 1.35 bits per heavy atom. The van der Waals surface area contributed by atoms with Gasteiger partial charge in [0.2, 0.25) is 0 Å². The Morgan fingerprint density at radius 2 is 2.00 bits per heavy atom. The van der Waals surface area contributed by atoms with Crippen LogP contribution in [-0.4, -0.2) is 25.2 Å². The van der Waals surface area contributed by atoms with Crippen molar-refractivity contribution in [3.8, 4) is 17.6 Å². The standard InChI is InChI=1S/C15H16IN3O4/c1-3-22-12-7-9(6-11(16)13(12)23-4-2)5-10(8-17)14(20)19-15(18)21/h5-7H,3-4H2,1-2H3,(H3,18,19,20,21)/b10-5-. The largest absolute Gasteiger partial charge is 0.490 e. The zero-order valence-corrected chi connectivity index (χ0v) is 14.8. The Labute approximate surface area is 147 Å². The van der Waals surface area contributed by atoms with E-state index in [2.05, 4.69) is 22.6 Å². The van der Waals surface area contributed by atoms with E-state index >= 15 is 0 Å². The zero-order chi connectivity index (χ0) is 17.4. The van der Waals surface area contributed by atoms with Crippen LogP contribution >= 0.6 is 22.6 Å². The van der Waals surface area contributed by atoms with Gasteiger partial charge in [0, 0.05) is 0 Å². The molecule has 1 aromatic carbocycles. The summed E-state index contributed by atoms with van der Waals surface area (Å²) < 4.78 is 11.9. The normalized spacial score (nSPS) is 10.6. The number of nitrogens with two attached hydrogens (primary N) is 1. The number of carbonyl (C=O) groups excluding carboxylic acids is 2. The van der Waals surface area contributed by atoms with Gasteiger partial charge in [0.15, 0.2) is 11.5 Å². The van der Waals surface area contributed by atoms with Crippen molar-refractivity contribution in [3.05, 3.63) is 26.8 Å². The first-order valence-electron chi connectivity index (χ1n) is 6.74. The number of rotatable bonds is 6. The number of nitrogens with zero attached hydrogens (tertiary/aromatic N) is 1. The Bertz CT molecular complexity index is 680. The number of hydrogen-bond acceptors (Lipinski definition) is 5. The smallest absolute Gasteiger partial charge is 0.319 e. The third-order valence-corrected chi connectivity index (χ3v) is 3.33. The van der Waals surface area contributed by atoms with Crippen LogP contribution in [0.3, 0.4) is 0 Å². The number of carbonyl (C=O) groups is 2. The maximum Gasteiger partial charge on any atom is 0.319 e. The van der Waals surface area contributed by atoms with Crippen LogP contribution < -0.4 is 20.5 Å². The van der Waals surface area contributed by atoms with Crippen molar-refractivity contribution in [2.45, 2.75) is 13.8 Å². The third-order valence-electron chi connectivity index (χ3n) is 2.53. The summed E-state index contributed by atoms with van der Waals surface area (Å²) in [6.45, 7) is 4.63. The summed E-state index contributed by atoms with van der Waals surface area (Å²) >= 11 is 2.08. The van der Waals surface area contributed by atoms with Gasteiger partial charge in [-0.15, -0.1) is 0 Å². The summed E-state index contributed by atoms with van der Waals surface area (Å²) in [7, 11) is 0. The SMILES string of the molecule is CCOc1cc(/C=C(/C#N)C(=O)NC(N)=O)cc(I)c1OCC. The van der Waals surface area contributed by atoms with E-state index in [1.54, 1.807) is 18.2 Å². The van der Waals surface area contributed by atoms with Gasteiger partial charge in [-0.05, 0) is 60.2 Å². The van der Waals surface area contributed by atoms with E-state index in [9.17, 15) is 9.59 Å². The molecular weight excluding hydrogens is 413 g/mol. The molecule has 3 N–H and O–H groups in total. The molecule has 7 nitrogen and oxygen atoms in total. The molecule has 0 aliphatic heterocycles. The molecule has 8 heteroatoms. The molecule has 0 saturated heterocycles. The second-order valence-corrected chi connectivity index (χ2v) is 5.35. The van der Waals surface area contributed by atoms with Crippen LogP contribution in [0.25, 0.3) is 6.08 Å². The van der Waals surface area contributed by atoms with Crippen LogP contribution in [-0.2, 0) is 4.79 Å². The van der Waals surface area contributed by atoms with Crippen LogP contribution in [0.2, 0.25) is 0 Å². The lowest BCUT2D eigenvalue weighted by Crippen LogP contribution is -2.35. The summed E-state index contributed by atoms with van der Waals surface area (Å²) in [5.41, 5.74) is 5.20. The van der Waals surface area contributed by atoms with Crippen LogP contribution in [0.15, 0.2) is 17.7 Å². The summed E-state index contributed by atoms with van der Waals surface area (Å²) in [5, 5.41) is 10.9. The van der Waals surface area contributed by atoms with Gasteiger partial charge in [0.05, 0.1) is 16.8 Å². The minimum absolute atomic E-state index is 0.244. The fraction of sp³-hybridized carbons (Fsp3) is 0.267. The number of hydrogen-bond donors (Lipinski definition) is 2. The van der Waals surface area contributed by atoms with Gasteiger partial charge in [-0.1, -0.05) is 0 Å². The molecule has 0 saturated carbocycles. The second kappa shape index (κ2) is 8.99. The van der Waals surface area contributed by atoms with Gasteiger partial charge in [0.1, 0.15) is 11.6 Å². The molecule has 0 spiro atoms. The molecule has 23 heavy (non-hydrogen) atoms. The number of imide groups is 1. The molecule has 0 bridgehead atoms. The number of urea groups is 1. The van der Waals surface area contributed by atoms with Gasteiger partial charge in [-0.2, -0.15) is 5.26 Å². The van der Waals surface area contributed by atoms with Crippen LogP contribution in [0, 0.1) is 14.9 Å². The quantitative estimate of drug-likeness (QED) is 0.409. The molecule has 1 aromatic rings. The monoisotopic (exact) mass is 429 g/mol. The number of primary amides is 1. The number of halogens is 1. The number of benzene rings is 1. The Kier molecular flexibility index (Phi) is 7.34. The van der Waals surface area contributed by atoms with Crippen LogP contribution in [0.1, 0.15) is 19.4 Å². The van der Waals surface area contributed by atoms with E-state index in [0.29, 0.717) is 30.3 Å². The minimum atomic E-state index is -1.02. The van der Waals surface area contributed by atoms with Crippen molar-refractivity contribution in [1.29, 1.82) is 5.26 Å². The highest BCUT2D eigenvalue weighted by Crippen LogP contribution is 2.34. The van der Waals surface area contributed by atoms with E-state index in [-0.39, 0.29) is 5.57 Å². The number of amides is 3. The van der Waals surface area contributed by atoms with Crippen LogP contribution in [0.4, 0.5) is 4.79 Å². The van der Waals surface area contributed by atoms with E-state index in [4.69, 9.17) is 20.5 Å². The molecule has 3 amide bonds. The maximum absolute atomic E-state index is 11.7. The first-order valence-corrected chi connectivity index (χ1v) is 7.82. The maximum atomic E-state index is 11.7. The van der Waals surface area contributed by atoms with Gasteiger partial charge >= 0.3 is 6.03 Å². The molecule has 0 aromatic heterocycles. The Hall–Kier alpha value is -2.28. The molecule has 0 fully saturated rings. The first kappa shape index (κ1) is 18.8. The molecule has 0 unspecified atom stereocenters. The summed E-state index contributed by atoms with van der Waals surface area (Å²) in [6.07, 6.45) is 1.35. The number of ether oxygens (including phenoxy) is 2. The van der Waals surface area contributed by atoms with Crippen LogP contribution in [0.5, 0.6) is 11.5 Å². The van der Waals surface area contributed by atoms with E-state index in [1.807, 2.05) is 19.2 Å². The topological polar surface area (TPSA) is 114 Å². The molecule has 0 aliphatic rings. The fourth-order valence-electron chi connectivity index (χ4n) is 1.71. The molecule has 1 rings (SSSR count). The van der Waals surface area contributed by atoms with Gasteiger partial charge in [0.25, 0.3) is 5.91 Å². The molecule has 0 atom stereocenters. The highest BCUT2D eigenvalue weighted by molar-refractivity contribution is 14.1. The summed E-state index contributed by atoms with van der Waals surface area (Å²) in [6, 6.07) is 4.11. The van der Waals surface area contributed by atoms with E-state index in [1.165, 1.54) is 6.08 Å². The average Bonchev–Trinajstić information content (AvgIpc) is 2.47. The van der Waals surface area contributed by atoms with Crippen molar-refractivity contribution < 1.29 is 19.1 Å². The molecular formula is C15H16IN3O4. The minimum Gasteiger partial charge on any atom is -0.490 e. The first-order chi connectivity index (χ1) is 10.9. The summed E-state index contributed by atoms with van der Waals surface area (Å²) in [4.78, 5) is 22.4. The fourth-order valence-corrected chi connectivity index (χ4v) is 2.49. The third kappa shape index (κ3) is 5.45. The Morgan fingerprint density at radius 3 is 2.52 bits per heavy atom. The van der Waals surface area contributed by atoms with Crippen molar-refractivity contribution in [3.63, 3.8) is 0 Å². The average molecular weight is 429 g/mol. The number of nitriles is 1. The number of nitrogens with one attached hydrogen (secondary N) is 1. The van der Waals surface area contributed by atoms with E-state index < -0.39 is 11.9 Å². The van der Waals surface area contributed by atoms with Crippen molar-refractivity contribution in [1.82, 2.24) is 5.32 Å².